The maximum absolute atomic E-state index is 11.0. The molecule has 4 rings (SSSR count). The van der Waals surface area contributed by atoms with Crippen molar-refractivity contribution in [2.75, 3.05) is 6.61 Å². The molecule has 0 aromatic carbocycles. The summed E-state index contributed by atoms with van der Waals surface area (Å²) in [5, 5.41) is 30.8. The Bertz CT molecular complexity index is 529. The fraction of sp³-hybridized carbons (Fsp3) is 0.900. The van der Waals surface area contributed by atoms with Gasteiger partial charge in [-0.25, -0.2) is 0 Å². The van der Waals surface area contributed by atoms with E-state index in [0.29, 0.717) is 17.8 Å². The molecule has 3 nitrogen and oxygen atoms in total. The molecular weight excluding hydrogens is 288 g/mol. The fourth-order valence-electron chi connectivity index (χ4n) is 7.01. The maximum Gasteiger partial charge on any atom is 0.0933 e. The highest BCUT2D eigenvalue weighted by atomic mass is 16.3. The van der Waals surface area contributed by atoms with Crippen LogP contribution in [-0.4, -0.2) is 33.6 Å². The Morgan fingerprint density at radius 1 is 1.09 bits per heavy atom. The van der Waals surface area contributed by atoms with Crippen LogP contribution < -0.4 is 0 Å². The van der Waals surface area contributed by atoms with Crippen LogP contribution in [0.15, 0.2) is 11.6 Å². The summed E-state index contributed by atoms with van der Waals surface area (Å²) in [4.78, 5) is 0. The highest BCUT2D eigenvalue weighted by Gasteiger charge is 2.63. The Hall–Kier alpha value is -0.380. The van der Waals surface area contributed by atoms with Crippen LogP contribution >= 0.6 is 0 Å². The van der Waals surface area contributed by atoms with Gasteiger partial charge in [-0.15, -0.1) is 0 Å². The normalized spacial score (nSPS) is 55.6. The molecule has 0 aliphatic heterocycles. The summed E-state index contributed by atoms with van der Waals surface area (Å²) in [5.74, 6) is 1.85. The van der Waals surface area contributed by atoms with E-state index in [2.05, 4.69) is 19.9 Å². The quantitative estimate of drug-likeness (QED) is 0.651. The lowest BCUT2D eigenvalue weighted by molar-refractivity contribution is -0.143. The van der Waals surface area contributed by atoms with Crippen molar-refractivity contribution >= 4 is 0 Å². The van der Waals surface area contributed by atoms with E-state index in [-0.39, 0.29) is 23.5 Å². The Morgan fingerprint density at radius 2 is 1.83 bits per heavy atom. The van der Waals surface area contributed by atoms with E-state index in [9.17, 15) is 15.3 Å². The van der Waals surface area contributed by atoms with Gasteiger partial charge in [0.25, 0.3) is 0 Å². The molecule has 0 amide bonds. The zero-order chi connectivity index (χ0) is 16.5. The summed E-state index contributed by atoms with van der Waals surface area (Å²) in [5.41, 5.74) is 0.745. The molecule has 0 heterocycles. The van der Waals surface area contributed by atoms with Crippen LogP contribution in [0.4, 0.5) is 0 Å². The topological polar surface area (TPSA) is 60.7 Å². The van der Waals surface area contributed by atoms with Gasteiger partial charge in [0.1, 0.15) is 0 Å². The molecule has 4 aliphatic rings. The van der Waals surface area contributed by atoms with Gasteiger partial charge in [-0.1, -0.05) is 25.5 Å². The van der Waals surface area contributed by atoms with Crippen LogP contribution in [0.25, 0.3) is 0 Å². The van der Waals surface area contributed by atoms with Crippen molar-refractivity contribution in [1.29, 1.82) is 0 Å². The van der Waals surface area contributed by atoms with E-state index in [1.54, 1.807) is 0 Å². The van der Waals surface area contributed by atoms with E-state index in [1.165, 1.54) is 5.57 Å². The molecular formula is C20H32O3. The lowest BCUT2D eigenvalue weighted by atomic mass is 9.47. The van der Waals surface area contributed by atoms with Crippen molar-refractivity contribution in [3.05, 3.63) is 11.6 Å². The average Bonchev–Trinajstić information content (AvgIpc) is 2.80. The van der Waals surface area contributed by atoms with Crippen molar-refractivity contribution in [3.8, 4) is 0 Å². The molecule has 0 saturated heterocycles. The van der Waals surface area contributed by atoms with Crippen molar-refractivity contribution < 1.29 is 15.3 Å². The molecule has 7 atom stereocenters. The molecule has 3 fully saturated rings. The van der Waals surface area contributed by atoms with Gasteiger partial charge in [0, 0.05) is 5.41 Å². The zero-order valence-corrected chi connectivity index (χ0v) is 14.6. The fourth-order valence-corrected chi connectivity index (χ4v) is 7.01. The molecule has 2 unspecified atom stereocenters. The molecule has 0 aromatic heterocycles. The summed E-state index contributed by atoms with van der Waals surface area (Å²) in [7, 11) is 0. The first-order valence-electron chi connectivity index (χ1n) is 9.55. The predicted octanol–water partition coefficient (Wildman–Crippen LogP) is 3.03. The summed E-state index contributed by atoms with van der Waals surface area (Å²) in [6, 6.07) is 0. The van der Waals surface area contributed by atoms with Crippen LogP contribution in [0.1, 0.15) is 65.2 Å². The Morgan fingerprint density at radius 3 is 2.57 bits per heavy atom. The number of hydrogen-bond donors (Lipinski definition) is 3. The molecule has 23 heavy (non-hydrogen) atoms. The minimum atomic E-state index is -0.879. The average molecular weight is 320 g/mol. The van der Waals surface area contributed by atoms with Crippen LogP contribution in [0.3, 0.4) is 0 Å². The monoisotopic (exact) mass is 320 g/mol. The first-order valence-corrected chi connectivity index (χ1v) is 9.55. The van der Waals surface area contributed by atoms with Gasteiger partial charge in [-0.05, 0) is 74.5 Å². The van der Waals surface area contributed by atoms with E-state index >= 15 is 0 Å². The first kappa shape index (κ1) is 16.1. The largest absolute Gasteiger partial charge is 0.393 e. The van der Waals surface area contributed by atoms with Crippen molar-refractivity contribution in [1.82, 2.24) is 0 Å². The third-order valence-corrected chi connectivity index (χ3v) is 8.66. The Balaban J connectivity index is 1.68. The molecule has 0 aromatic rings. The SMILES string of the molecule is C[C@]12CCC(O)CC1=CC[C@@H]1[C@H]2CC[C@@]2(C)[C@H]1CCC2(O)CO. The third-order valence-electron chi connectivity index (χ3n) is 8.66. The molecule has 3 saturated carbocycles. The van der Waals surface area contributed by atoms with Gasteiger partial charge in [0.15, 0.2) is 0 Å². The van der Waals surface area contributed by atoms with Gasteiger partial charge >= 0.3 is 0 Å². The van der Waals surface area contributed by atoms with Crippen molar-refractivity contribution in [3.63, 3.8) is 0 Å². The number of fused-ring (bicyclic) bond motifs is 5. The van der Waals surface area contributed by atoms with Crippen LogP contribution in [0, 0.1) is 28.6 Å². The van der Waals surface area contributed by atoms with Gasteiger partial charge in [0.05, 0.1) is 18.3 Å². The number of aliphatic hydroxyl groups excluding tert-OH is 2. The molecule has 130 valence electrons. The molecule has 3 heteroatoms. The Labute approximate surface area is 139 Å². The van der Waals surface area contributed by atoms with Crippen molar-refractivity contribution in [2.45, 2.75) is 76.9 Å². The smallest absolute Gasteiger partial charge is 0.0933 e. The summed E-state index contributed by atoms with van der Waals surface area (Å²) >= 11 is 0. The van der Waals surface area contributed by atoms with E-state index in [4.69, 9.17) is 0 Å². The van der Waals surface area contributed by atoms with Gasteiger partial charge < -0.3 is 15.3 Å². The summed E-state index contributed by atoms with van der Waals surface area (Å²) < 4.78 is 0. The number of hydrogen-bond acceptors (Lipinski definition) is 3. The van der Waals surface area contributed by atoms with Crippen molar-refractivity contribution in [2.24, 2.45) is 28.6 Å². The van der Waals surface area contributed by atoms with Gasteiger partial charge in [-0.3, -0.25) is 0 Å². The Kier molecular flexibility index (Phi) is 3.54. The summed E-state index contributed by atoms with van der Waals surface area (Å²) in [6.07, 6.45) is 10.3. The molecule has 4 aliphatic carbocycles. The molecule has 0 radical (unpaired) electrons. The van der Waals surface area contributed by atoms with E-state index in [0.717, 1.165) is 51.4 Å². The second-order valence-corrected chi connectivity index (χ2v) is 9.34. The number of allylic oxidation sites excluding steroid dienone is 1. The number of rotatable bonds is 1. The maximum atomic E-state index is 11.0. The zero-order valence-electron chi connectivity index (χ0n) is 14.6. The highest BCUT2D eigenvalue weighted by molar-refractivity contribution is 5.26. The second-order valence-electron chi connectivity index (χ2n) is 9.34. The minimum Gasteiger partial charge on any atom is -0.393 e. The van der Waals surface area contributed by atoms with E-state index < -0.39 is 5.60 Å². The highest BCUT2D eigenvalue weighted by Crippen LogP contribution is 2.66. The van der Waals surface area contributed by atoms with Gasteiger partial charge in [0.2, 0.25) is 0 Å². The molecule has 0 bridgehead atoms. The van der Waals surface area contributed by atoms with Crippen LogP contribution in [0.5, 0.6) is 0 Å². The van der Waals surface area contributed by atoms with Gasteiger partial charge in [-0.2, -0.15) is 0 Å². The standard InChI is InChI=1S/C20H32O3/c1-18-8-5-14(22)11-13(18)3-4-15-16(18)6-9-19(2)17(15)7-10-20(19,23)12-21/h3,14-17,21-23H,4-12H2,1-2H3/t14?,15-,16-,17+,18+,19+,20?/m1/s1. The summed E-state index contributed by atoms with van der Waals surface area (Å²) in [6.45, 7) is 4.56. The second kappa shape index (κ2) is 5.06. The first-order chi connectivity index (χ1) is 10.8. The lowest BCUT2D eigenvalue weighted by Crippen LogP contribution is -2.55. The predicted molar refractivity (Wildman–Crippen MR) is 89.7 cm³/mol. The van der Waals surface area contributed by atoms with Crippen LogP contribution in [-0.2, 0) is 0 Å². The molecule has 3 N–H and O–H groups in total. The van der Waals surface area contributed by atoms with E-state index in [1.807, 2.05) is 0 Å². The lowest BCUT2D eigenvalue weighted by Gasteiger charge is -2.58. The van der Waals surface area contributed by atoms with Crippen LogP contribution in [0.2, 0.25) is 0 Å². The third kappa shape index (κ3) is 1.99. The minimum absolute atomic E-state index is 0.0953. The number of aliphatic hydroxyl groups is 3. The molecule has 0 spiro atoms.